The quantitative estimate of drug-likeness (QED) is 0.284. The Morgan fingerprint density at radius 2 is 1.54 bits per heavy atom. The van der Waals surface area contributed by atoms with Crippen LogP contribution in [0.4, 0.5) is 10.5 Å². The molecule has 2 atom stereocenters. The Balaban J connectivity index is 1.25. The molecular weight excluding hydrogens is 560 g/mol. The van der Waals surface area contributed by atoms with Gasteiger partial charge in [0.05, 0.1) is 4.90 Å². The first-order valence-electron chi connectivity index (χ1n) is 12.9. The number of carbonyl (C=O) groups excluding carboxylic acids is 2. The van der Waals surface area contributed by atoms with Gasteiger partial charge in [-0.3, -0.25) is 14.7 Å². The Morgan fingerprint density at radius 3 is 2.22 bits per heavy atom. The number of aromatic nitrogens is 1. The Bertz CT molecular complexity index is 1570. The number of hydrogen-bond acceptors (Lipinski definition) is 7. The smallest absolute Gasteiger partial charge is 0.412 e. The highest BCUT2D eigenvalue weighted by molar-refractivity contribution is 7.99. The largest absolute Gasteiger partial charge is 0.444 e. The standard InChI is InChI=1S/C30H28N4O5S2/c35-28(33-25-13-11-22(12-14-25)19-32-41(37,38)26-9-5-2-6-10-26)27-21-40-29(24-15-17-31-18-16-24)34(27)30(36)39-20-23-7-3-1-4-8-23/h1-18,27,29,32H,19-21H2,(H,33,35). The lowest BCUT2D eigenvalue weighted by molar-refractivity contribution is -0.120. The molecule has 0 spiro atoms. The number of carbonyl (C=O) groups is 2. The summed E-state index contributed by atoms with van der Waals surface area (Å²) in [7, 11) is -3.64. The summed E-state index contributed by atoms with van der Waals surface area (Å²) < 4.78 is 33.2. The highest BCUT2D eigenvalue weighted by Crippen LogP contribution is 2.42. The average molecular weight is 589 g/mol. The fraction of sp³-hybridized carbons (Fsp3) is 0.167. The summed E-state index contributed by atoms with van der Waals surface area (Å²) in [6.45, 7) is 0.188. The maximum atomic E-state index is 13.4. The SMILES string of the molecule is O=C(Nc1ccc(CNS(=O)(=O)c2ccccc2)cc1)C1CSC(c2ccncc2)N1C(=O)OCc1ccccc1. The van der Waals surface area contributed by atoms with Gasteiger partial charge in [0.25, 0.3) is 0 Å². The first-order chi connectivity index (χ1) is 19.9. The van der Waals surface area contributed by atoms with Gasteiger partial charge in [0.1, 0.15) is 18.0 Å². The molecular formula is C30H28N4O5S2. The lowest BCUT2D eigenvalue weighted by Crippen LogP contribution is -2.45. The van der Waals surface area contributed by atoms with Gasteiger partial charge in [-0.2, -0.15) is 0 Å². The second kappa shape index (κ2) is 13.0. The number of amides is 2. The first kappa shape index (κ1) is 28.3. The fourth-order valence-corrected chi connectivity index (χ4v) is 6.76. The third-order valence-corrected chi connectivity index (χ3v) is 9.19. The first-order valence-corrected chi connectivity index (χ1v) is 15.4. The number of pyridine rings is 1. The van der Waals surface area contributed by atoms with Crippen molar-refractivity contribution in [3.8, 4) is 0 Å². The van der Waals surface area contributed by atoms with Crippen LogP contribution in [0.1, 0.15) is 22.1 Å². The maximum Gasteiger partial charge on any atom is 0.412 e. The molecule has 0 saturated carbocycles. The molecule has 5 rings (SSSR count). The van der Waals surface area contributed by atoms with Crippen LogP contribution in [0.25, 0.3) is 0 Å². The monoisotopic (exact) mass is 588 g/mol. The van der Waals surface area contributed by atoms with Gasteiger partial charge >= 0.3 is 6.09 Å². The zero-order valence-electron chi connectivity index (χ0n) is 21.9. The molecule has 9 nitrogen and oxygen atoms in total. The summed E-state index contributed by atoms with van der Waals surface area (Å²) in [5.41, 5.74) is 2.95. The van der Waals surface area contributed by atoms with Crippen LogP contribution in [0, 0.1) is 0 Å². The van der Waals surface area contributed by atoms with E-state index in [9.17, 15) is 18.0 Å². The molecule has 1 saturated heterocycles. The van der Waals surface area contributed by atoms with Gasteiger partial charge in [-0.1, -0.05) is 60.7 Å². The Hall–Kier alpha value is -4.19. The van der Waals surface area contributed by atoms with Crippen LogP contribution in [0.3, 0.4) is 0 Å². The van der Waals surface area contributed by atoms with Crippen molar-refractivity contribution in [1.82, 2.24) is 14.6 Å². The minimum atomic E-state index is -3.64. The minimum Gasteiger partial charge on any atom is -0.444 e. The Labute approximate surface area is 243 Å². The molecule has 1 aromatic heterocycles. The molecule has 0 aliphatic carbocycles. The van der Waals surface area contributed by atoms with E-state index >= 15 is 0 Å². The van der Waals surface area contributed by atoms with Gasteiger partial charge in [0.15, 0.2) is 0 Å². The van der Waals surface area contributed by atoms with Crippen LogP contribution in [-0.2, 0) is 32.7 Å². The van der Waals surface area contributed by atoms with Gasteiger partial charge in [0.2, 0.25) is 15.9 Å². The maximum absolute atomic E-state index is 13.4. The normalized spacial score (nSPS) is 16.7. The van der Waals surface area contributed by atoms with E-state index in [-0.39, 0.29) is 24.0 Å². The minimum absolute atomic E-state index is 0.0910. The zero-order valence-corrected chi connectivity index (χ0v) is 23.6. The Kier molecular flexibility index (Phi) is 8.98. The summed E-state index contributed by atoms with van der Waals surface area (Å²) in [4.78, 5) is 32.4. The van der Waals surface area contributed by atoms with E-state index in [1.807, 2.05) is 42.5 Å². The number of anilines is 1. The van der Waals surface area contributed by atoms with Crippen LogP contribution in [0.15, 0.2) is 114 Å². The predicted octanol–water partition coefficient (Wildman–Crippen LogP) is 4.95. The molecule has 2 amide bonds. The molecule has 1 aliphatic heterocycles. The van der Waals surface area contributed by atoms with Crippen LogP contribution < -0.4 is 10.0 Å². The fourth-order valence-electron chi connectivity index (χ4n) is 4.30. The number of thioether (sulfide) groups is 1. The van der Waals surface area contributed by atoms with Crippen LogP contribution >= 0.6 is 11.8 Å². The number of benzene rings is 3. The molecule has 2 heterocycles. The van der Waals surface area contributed by atoms with E-state index in [1.165, 1.54) is 28.8 Å². The van der Waals surface area contributed by atoms with Crippen molar-refractivity contribution in [2.24, 2.45) is 0 Å². The van der Waals surface area contributed by atoms with E-state index < -0.39 is 27.5 Å². The van der Waals surface area contributed by atoms with Gasteiger partial charge in [-0.25, -0.2) is 17.9 Å². The van der Waals surface area contributed by atoms with E-state index in [4.69, 9.17) is 4.74 Å². The summed E-state index contributed by atoms with van der Waals surface area (Å²) in [5.74, 6) is 0.0433. The van der Waals surface area contributed by atoms with Crippen molar-refractivity contribution in [2.75, 3.05) is 11.1 Å². The van der Waals surface area contributed by atoms with E-state index in [2.05, 4.69) is 15.0 Å². The van der Waals surface area contributed by atoms with Crippen molar-refractivity contribution in [3.63, 3.8) is 0 Å². The highest BCUT2D eigenvalue weighted by Gasteiger charge is 2.43. The molecule has 3 aromatic carbocycles. The number of hydrogen-bond donors (Lipinski definition) is 2. The van der Waals surface area contributed by atoms with Gasteiger partial charge in [0, 0.05) is 30.4 Å². The number of ether oxygens (including phenoxy) is 1. The second-order valence-electron chi connectivity index (χ2n) is 9.25. The number of nitrogens with zero attached hydrogens (tertiary/aromatic N) is 2. The molecule has 2 N–H and O–H groups in total. The summed E-state index contributed by atoms with van der Waals surface area (Å²) in [6, 6.07) is 27.2. The van der Waals surface area contributed by atoms with Crippen molar-refractivity contribution < 1.29 is 22.7 Å². The lowest BCUT2D eigenvalue weighted by Gasteiger charge is -2.28. The number of rotatable bonds is 9. The van der Waals surface area contributed by atoms with Crippen molar-refractivity contribution in [2.45, 2.75) is 29.5 Å². The van der Waals surface area contributed by atoms with Crippen molar-refractivity contribution >= 4 is 39.5 Å². The average Bonchev–Trinajstić information content (AvgIpc) is 3.47. The van der Waals surface area contributed by atoms with Crippen LogP contribution in [0.5, 0.6) is 0 Å². The van der Waals surface area contributed by atoms with E-state index in [1.54, 1.807) is 54.9 Å². The van der Waals surface area contributed by atoms with E-state index in [0.717, 1.165) is 16.7 Å². The number of sulfonamides is 1. The summed E-state index contributed by atoms with van der Waals surface area (Å²) in [6.07, 6.45) is 2.72. The third kappa shape index (κ3) is 7.12. The molecule has 2 unspecified atom stereocenters. The lowest BCUT2D eigenvalue weighted by atomic mass is 10.2. The molecule has 4 aromatic rings. The third-order valence-electron chi connectivity index (χ3n) is 6.45. The zero-order chi connectivity index (χ0) is 28.7. The molecule has 210 valence electrons. The topological polar surface area (TPSA) is 118 Å². The second-order valence-corrected chi connectivity index (χ2v) is 12.1. The molecule has 1 fully saturated rings. The predicted molar refractivity (Wildman–Crippen MR) is 157 cm³/mol. The number of nitrogens with one attached hydrogen (secondary N) is 2. The van der Waals surface area contributed by atoms with Crippen LogP contribution in [0.2, 0.25) is 0 Å². The molecule has 1 aliphatic rings. The summed E-state index contributed by atoms with van der Waals surface area (Å²) >= 11 is 1.48. The highest BCUT2D eigenvalue weighted by atomic mass is 32.2. The van der Waals surface area contributed by atoms with Crippen molar-refractivity contribution in [1.29, 1.82) is 0 Å². The van der Waals surface area contributed by atoms with E-state index in [0.29, 0.717) is 11.4 Å². The Morgan fingerprint density at radius 1 is 0.878 bits per heavy atom. The molecule has 41 heavy (non-hydrogen) atoms. The molecule has 0 bridgehead atoms. The van der Waals surface area contributed by atoms with Crippen LogP contribution in [-0.4, -0.2) is 42.1 Å². The summed E-state index contributed by atoms with van der Waals surface area (Å²) in [5, 5.41) is 2.48. The van der Waals surface area contributed by atoms with Gasteiger partial charge < -0.3 is 10.1 Å². The van der Waals surface area contributed by atoms with Gasteiger partial charge in [-0.05, 0) is 53.1 Å². The van der Waals surface area contributed by atoms with Crippen molar-refractivity contribution in [3.05, 3.63) is 126 Å². The molecule has 0 radical (unpaired) electrons. The van der Waals surface area contributed by atoms with Gasteiger partial charge in [-0.15, -0.1) is 11.8 Å². The molecule has 11 heteroatoms.